The van der Waals surface area contributed by atoms with Crippen LogP contribution in [-0.2, 0) is 0 Å². The maximum Gasteiger partial charge on any atom is 0.340 e. The fourth-order valence-corrected chi connectivity index (χ4v) is 1.89. The quantitative estimate of drug-likeness (QED) is 0.659. The number of hydrogen-bond acceptors (Lipinski definition) is 3. The molecule has 0 aromatic heterocycles. The molecular formula is C13H14O3S. The first-order chi connectivity index (χ1) is 7.91. The third-order valence-electron chi connectivity index (χ3n) is 2.13. The van der Waals surface area contributed by atoms with Gasteiger partial charge in [0, 0.05) is 4.90 Å². The SMILES string of the molecule is C#CC(C)(C)Oc1cccc(SC)c1C(=O)O. The summed E-state index contributed by atoms with van der Waals surface area (Å²) in [6, 6.07) is 5.10. The number of ether oxygens (including phenoxy) is 1. The van der Waals surface area contributed by atoms with Gasteiger partial charge in [-0.2, -0.15) is 0 Å². The van der Waals surface area contributed by atoms with Crippen molar-refractivity contribution in [2.45, 2.75) is 24.3 Å². The second-order valence-electron chi connectivity index (χ2n) is 3.90. The van der Waals surface area contributed by atoms with E-state index >= 15 is 0 Å². The maximum atomic E-state index is 11.2. The molecule has 90 valence electrons. The number of aromatic carboxylic acids is 1. The van der Waals surface area contributed by atoms with Crippen LogP contribution in [0, 0.1) is 12.3 Å². The van der Waals surface area contributed by atoms with E-state index in [1.54, 1.807) is 32.0 Å². The third-order valence-corrected chi connectivity index (χ3v) is 2.91. The van der Waals surface area contributed by atoms with E-state index in [4.69, 9.17) is 11.2 Å². The molecule has 0 aliphatic rings. The van der Waals surface area contributed by atoms with Crippen molar-refractivity contribution in [2.75, 3.05) is 6.26 Å². The van der Waals surface area contributed by atoms with E-state index in [-0.39, 0.29) is 5.56 Å². The zero-order chi connectivity index (χ0) is 13.1. The lowest BCUT2D eigenvalue weighted by Crippen LogP contribution is -2.26. The van der Waals surface area contributed by atoms with Gasteiger partial charge in [0.05, 0.1) is 0 Å². The minimum absolute atomic E-state index is 0.156. The first-order valence-corrected chi connectivity index (χ1v) is 6.21. The molecule has 0 unspecified atom stereocenters. The summed E-state index contributed by atoms with van der Waals surface area (Å²) in [4.78, 5) is 11.9. The number of carboxylic acids is 1. The monoisotopic (exact) mass is 250 g/mol. The Labute approximate surface area is 105 Å². The summed E-state index contributed by atoms with van der Waals surface area (Å²) < 4.78 is 5.56. The number of rotatable bonds is 4. The smallest absolute Gasteiger partial charge is 0.340 e. The van der Waals surface area contributed by atoms with Gasteiger partial charge < -0.3 is 9.84 Å². The maximum absolute atomic E-state index is 11.2. The van der Waals surface area contributed by atoms with Crippen LogP contribution in [0.25, 0.3) is 0 Å². The van der Waals surface area contributed by atoms with Gasteiger partial charge in [0.1, 0.15) is 11.3 Å². The highest BCUT2D eigenvalue weighted by Crippen LogP contribution is 2.30. The second-order valence-corrected chi connectivity index (χ2v) is 4.74. The predicted octanol–water partition coefficient (Wildman–Crippen LogP) is 2.90. The van der Waals surface area contributed by atoms with Gasteiger partial charge in [0.15, 0.2) is 5.60 Å². The van der Waals surface area contributed by atoms with Crippen molar-refractivity contribution in [1.82, 2.24) is 0 Å². The van der Waals surface area contributed by atoms with Crippen molar-refractivity contribution >= 4 is 17.7 Å². The molecule has 1 N–H and O–H groups in total. The van der Waals surface area contributed by atoms with E-state index in [2.05, 4.69) is 5.92 Å². The Morgan fingerprint density at radius 2 is 2.18 bits per heavy atom. The van der Waals surface area contributed by atoms with Crippen LogP contribution in [0.5, 0.6) is 5.75 Å². The van der Waals surface area contributed by atoms with Gasteiger partial charge in [-0.1, -0.05) is 12.0 Å². The summed E-state index contributed by atoms with van der Waals surface area (Å²) in [6.45, 7) is 3.43. The number of benzene rings is 1. The molecule has 0 fully saturated rings. The summed E-state index contributed by atoms with van der Waals surface area (Å²) >= 11 is 1.36. The molecule has 0 saturated heterocycles. The second kappa shape index (κ2) is 5.15. The van der Waals surface area contributed by atoms with Gasteiger partial charge in [0.2, 0.25) is 0 Å². The van der Waals surface area contributed by atoms with Crippen LogP contribution in [0.1, 0.15) is 24.2 Å². The fraction of sp³-hybridized carbons (Fsp3) is 0.308. The average molecular weight is 250 g/mol. The van der Waals surface area contributed by atoms with Crippen molar-refractivity contribution in [1.29, 1.82) is 0 Å². The van der Waals surface area contributed by atoms with E-state index in [0.29, 0.717) is 10.6 Å². The van der Waals surface area contributed by atoms with Gasteiger partial charge in [-0.25, -0.2) is 4.79 Å². The molecule has 1 rings (SSSR count). The lowest BCUT2D eigenvalue weighted by atomic mass is 10.1. The number of terminal acetylenes is 1. The van der Waals surface area contributed by atoms with Crippen LogP contribution < -0.4 is 4.74 Å². The molecule has 4 heteroatoms. The first-order valence-electron chi connectivity index (χ1n) is 4.98. The van der Waals surface area contributed by atoms with Crippen LogP contribution in [0.3, 0.4) is 0 Å². The fourth-order valence-electron chi connectivity index (χ4n) is 1.28. The van der Waals surface area contributed by atoms with Crippen LogP contribution in [0.4, 0.5) is 0 Å². The Bertz CT molecular complexity index is 472. The zero-order valence-electron chi connectivity index (χ0n) is 9.98. The molecule has 1 aromatic carbocycles. The molecular weight excluding hydrogens is 236 g/mol. The lowest BCUT2D eigenvalue weighted by molar-refractivity contribution is 0.0682. The summed E-state index contributed by atoms with van der Waals surface area (Å²) in [5.74, 6) is 1.75. The highest BCUT2D eigenvalue weighted by Gasteiger charge is 2.22. The molecule has 0 radical (unpaired) electrons. The topological polar surface area (TPSA) is 46.5 Å². The summed E-state index contributed by atoms with van der Waals surface area (Å²) in [7, 11) is 0. The number of carbonyl (C=O) groups is 1. The van der Waals surface area contributed by atoms with E-state index in [9.17, 15) is 9.90 Å². The van der Waals surface area contributed by atoms with Gasteiger partial charge in [-0.3, -0.25) is 0 Å². The third kappa shape index (κ3) is 3.18. The van der Waals surface area contributed by atoms with Crippen molar-refractivity contribution in [3.05, 3.63) is 23.8 Å². The summed E-state index contributed by atoms with van der Waals surface area (Å²) in [6.07, 6.45) is 7.14. The van der Waals surface area contributed by atoms with Crippen LogP contribution in [-0.4, -0.2) is 22.9 Å². The predicted molar refractivity (Wildman–Crippen MR) is 68.7 cm³/mol. The number of thioether (sulfide) groups is 1. The standard InChI is InChI=1S/C13H14O3S/c1-5-13(2,3)16-9-7-6-8-10(17-4)11(9)12(14)15/h1,6-8H,2-4H3,(H,14,15). The summed E-state index contributed by atoms with van der Waals surface area (Å²) in [5, 5.41) is 9.20. The molecule has 0 aliphatic carbocycles. The van der Waals surface area contributed by atoms with Gasteiger partial charge in [-0.05, 0) is 32.2 Å². The normalized spacial score (nSPS) is 10.7. The van der Waals surface area contributed by atoms with Crippen molar-refractivity contribution in [2.24, 2.45) is 0 Å². The van der Waals surface area contributed by atoms with Crippen molar-refractivity contribution in [3.8, 4) is 18.1 Å². The summed E-state index contributed by atoms with van der Waals surface area (Å²) in [5.41, 5.74) is -0.676. The van der Waals surface area contributed by atoms with Crippen LogP contribution >= 0.6 is 11.8 Å². The van der Waals surface area contributed by atoms with Gasteiger partial charge >= 0.3 is 5.97 Å². The molecule has 0 bridgehead atoms. The Morgan fingerprint density at radius 1 is 1.53 bits per heavy atom. The van der Waals surface area contributed by atoms with Crippen molar-refractivity contribution in [3.63, 3.8) is 0 Å². The molecule has 0 aliphatic heterocycles. The van der Waals surface area contributed by atoms with E-state index in [1.807, 2.05) is 6.26 Å². The number of carboxylic acid groups (broad SMARTS) is 1. The van der Waals surface area contributed by atoms with Crippen molar-refractivity contribution < 1.29 is 14.6 Å². The molecule has 17 heavy (non-hydrogen) atoms. The highest BCUT2D eigenvalue weighted by atomic mass is 32.2. The van der Waals surface area contributed by atoms with Gasteiger partial charge in [0.25, 0.3) is 0 Å². The Kier molecular flexibility index (Phi) is 4.08. The first kappa shape index (κ1) is 13.5. The van der Waals surface area contributed by atoms with Gasteiger partial charge in [-0.15, -0.1) is 18.2 Å². The minimum Gasteiger partial charge on any atom is -0.478 e. The van der Waals surface area contributed by atoms with E-state index in [1.165, 1.54) is 11.8 Å². The molecule has 0 heterocycles. The molecule has 0 atom stereocenters. The number of hydrogen-bond donors (Lipinski definition) is 1. The van der Waals surface area contributed by atoms with Crippen LogP contribution in [0.2, 0.25) is 0 Å². The highest BCUT2D eigenvalue weighted by molar-refractivity contribution is 7.98. The van der Waals surface area contributed by atoms with E-state index < -0.39 is 11.6 Å². The Morgan fingerprint density at radius 3 is 2.65 bits per heavy atom. The molecule has 0 saturated carbocycles. The molecule has 1 aromatic rings. The Balaban J connectivity index is 3.25. The molecule has 0 spiro atoms. The van der Waals surface area contributed by atoms with Crippen LogP contribution in [0.15, 0.2) is 23.1 Å². The lowest BCUT2D eigenvalue weighted by Gasteiger charge is -2.22. The minimum atomic E-state index is -1.02. The average Bonchev–Trinajstić information content (AvgIpc) is 2.27. The Hall–Kier alpha value is -1.60. The van der Waals surface area contributed by atoms with E-state index in [0.717, 1.165) is 0 Å². The molecule has 0 amide bonds. The largest absolute Gasteiger partial charge is 0.478 e. The zero-order valence-corrected chi connectivity index (χ0v) is 10.8. The molecule has 3 nitrogen and oxygen atoms in total.